The van der Waals surface area contributed by atoms with Crippen LogP contribution in [0.15, 0.2) is 18.7 Å². The van der Waals surface area contributed by atoms with Crippen LogP contribution in [0.1, 0.15) is 58.3 Å². The Kier molecular flexibility index (Phi) is 4.02. The van der Waals surface area contributed by atoms with Gasteiger partial charge in [-0.15, -0.1) is 0 Å². The number of nitrogens with zero attached hydrogens (tertiary/aromatic N) is 2. The van der Waals surface area contributed by atoms with Gasteiger partial charge in [0.25, 0.3) is 0 Å². The zero-order valence-corrected chi connectivity index (χ0v) is 13.9. The summed E-state index contributed by atoms with van der Waals surface area (Å²) in [4.78, 5) is 4.23. The van der Waals surface area contributed by atoms with Crippen molar-refractivity contribution in [2.24, 2.45) is 23.2 Å². The monoisotopic (exact) mass is 302 g/mol. The third-order valence-electron chi connectivity index (χ3n) is 6.52. The Labute approximate surface area is 134 Å². The molecule has 0 amide bonds. The lowest BCUT2D eigenvalue weighted by Crippen LogP contribution is -2.53. The summed E-state index contributed by atoms with van der Waals surface area (Å²) in [5, 5.41) is 0. The summed E-state index contributed by atoms with van der Waals surface area (Å²) < 4.78 is 8.72. The number of rotatable bonds is 7. The topological polar surface area (TPSA) is 27.1 Å². The summed E-state index contributed by atoms with van der Waals surface area (Å²) in [6.07, 6.45) is 17.5. The molecule has 4 aliphatic carbocycles. The molecule has 0 aromatic carbocycles. The van der Waals surface area contributed by atoms with E-state index in [2.05, 4.69) is 22.7 Å². The lowest BCUT2D eigenvalue weighted by Gasteiger charge is -2.59. The third kappa shape index (κ3) is 2.73. The molecule has 5 rings (SSSR count). The van der Waals surface area contributed by atoms with Crippen LogP contribution >= 0.6 is 0 Å². The summed E-state index contributed by atoms with van der Waals surface area (Å²) in [6.45, 7) is 4.17. The minimum Gasteiger partial charge on any atom is -0.376 e. The quantitative estimate of drug-likeness (QED) is 0.703. The average Bonchev–Trinajstić information content (AvgIpc) is 2.98. The van der Waals surface area contributed by atoms with Gasteiger partial charge >= 0.3 is 0 Å². The van der Waals surface area contributed by atoms with Crippen molar-refractivity contribution in [1.29, 1.82) is 0 Å². The van der Waals surface area contributed by atoms with Gasteiger partial charge < -0.3 is 9.30 Å². The Morgan fingerprint density at radius 3 is 2.41 bits per heavy atom. The molecule has 0 N–H and O–H groups in total. The van der Waals surface area contributed by atoms with Crippen molar-refractivity contribution in [2.45, 2.75) is 70.9 Å². The maximum Gasteiger partial charge on any atom is 0.0946 e. The molecule has 1 aromatic rings. The Morgan fingerprint density at radius 1 is 1.18 bits per heavy atom. The summed E-state index contributed by atoms with van der Waals surface area (Å²) in [5.41, 5.74) is 0.465. The van der Waals surface area contributed by atoms with E-state index in [1.165, 1.54) is 51.4 Å². The lowest BCUT2D eigenvalue weighted by atomic mass is 9.48. The number of unbranched alkanes of at least 4 members (excludes halogenated alkanes) is 1. The summed E-state index contributed by atoms with van der Waals surface area (Å²) in [6, 6.07) is 0. The van der Waals surface area contributed by atoms with Gasteiger partial charge in [0, 0.05) is 19.0 Å². The molecule has 4 bridgehead atoms. The van der Waals surface area contributed by atoms with Crippen LogP contribution in [0.25, 0.3) is 0 Å². The number of ether oxygens (including phenoxy) is 1. The number of hydrogen-bond donors (Lipinski definition) is 0. The van der Waals surface area contributed by atoms with Crippen LogP contribution in [0.3, 0.4) is 0 Å². The van der Waals surface area contributed by atoms with Crippen LogP contribution in [-0.2, 0) is 11.3 Å². The van der Waals surface area contributed by atoms with Gasteiger partial charge in [0.2, 0.25) is 0 Å². The molecule has 0 aliphatic heterocycles. The smallest absolute Gasteiger partial charge is 0.0946 e. The van der Waals surface area contributed by atoms with E-state index in [4.69, 9.17) is 4.74 Å². The predicted octanol–water partition coefficient (Wildman–Crippen LogP) is 4.28. The minimum absolute atomic E-state index is 0.390. The normalized spacial score (nSPS) is 37.6. The van der Waals surface area contributed by atoms with Gasteiger partial charge in [-0.3, -0.25) is 0 Å². The van der Waals surface area contributed by atoms with E-state index in [-0.39, 0.29) is 0 Å². The third-order valence-corrected chi connectivity index (χ3v) is 6.52. The molecule has 4 aliphatic rings. The van der Waals surface area contributed by atoms with E-state index >= 15 is 0 Å². The average molecular weight is 302 g/mol. The summed E-state index contributed by atoms with van der Waals surface area (Å²) in [5.74, 6) is 2.98. The van der Waals surface area contributed by atoms with E-state index in [1.807, 2.05) is 12.5 Å². The molecule has 3 nitrogen and oxygen atoms in total. The first-order chi connectivity index (χ1) is 10.8. The highest BCUT2D eigenvalue weighted by molar-refractivity contribution is 5.05. The predicted molar refractivity (Wildman–Crippen MR) is 87.5 cm³/mol. The van der Waals surface area contributed by atoms with Gasteiger partial charge in [-0.25, -0.2) is 4.98 Å². The highest BCUT2D eigenvalue weighted by Gasteiger charge is 2.54. The van der Waals surface area contributed by atoms with Crippen LogP contribution < -0.4 is 0 Å². The molecular formula is C19H30N2O. The first-order valence-electron chi connectivity index (χ1n) is 9.35. The first-order valence-corrected chi connectivity index (χ1v) is 9.35. The highest BCUT2D eigenvalue weighted by Crippen LogP contribution is 2.61. The lowest BCUT2D eigenvalue weighted by molar-refractivity contribution is -0.147. The molecule has 0 radical (unpaired) electrons. The summed E-state index contributed by atoms with van der Waals surface area (Å²) >= 11 is 0. The molecule has 4 fully saturated rings. The fraction of sp³-hybridized carbons (Fsp3) is 0.842. The van der Waals surface area contributed by atoms with Crippen molar-refractivity contribution in [3.8, 4) is 0 Å². The van der Waals surface area contributed by atoms with Gasteiger partial charge in [0.1, 0.15) is 0 Å². The van der Waals surface area contributed by atoms with E-state index < -0.39 is 0 Å². The molecule has 1 atom stereocenters. The minimum atomic E-state index is 0.390. The molecule has 1 aromatic heterocycles. The van der Waals surface area contributed by atoms with Crippen molar-refractivity contribution < 1.29 is 4.74 Å². The van der Waals surface area contributed by atoms with Crippen LogP contribution in [0.2, 0.25) is 0 Å². The fourth-order valence-electron chi connectivity index (χ4n) is 5.95. The standard InChI is InChI=1S/C19H30N2O/c1-2-3-6-22-18(13-21-5-4-20-14-21)19-10-15-7-16(11-19)9-17(8-15)12-19/h4-5,14-18H,2-3,6-13H2,1H3. The maximum absolute atomic E-state index is 6.49. The molecule has 3 heteroatoms. The number of hydrogen-bond acceptors (Lipinski definition) is 2. The second-order valence-corrected chi connectivity index (χ2v) is 8.25. The first kappa shape index (κ1) is 14.7. The molecular weight excluding hydrogens is 272 g/mol. The van der Waals surface area contributed by atoms with Crippen molar-refractivity contribution in [2.75, 3.05) is 6.61 Å². The Hall–Kier alpha value is -0.830. The molecule has 22 heavy (non-hydrogen) atoms. The second kappa shape index (κ2) is 5.99. The van der Waals surface area contributed by atoms with Gasteiger partial charge in [0.15, 0.2) is 0 Å². The highest BCUT2D eigenvalue weighted by atomic mass is 16.5. The van der Waals surface area contributed by atoms with Crippen LogP contribution in [-0.4, -0.2) is 22.3 Å². The van der Waals surface area contributed by atoms with Gasteiger partial charge in [-0.2, -0.15) is 0 Å². The zero-order chi connectivity index (χ0) is 15.0. The van der Waals surface area contributed by atoms with E-state index in [1.54, 1.807) is 0 Å². The van der Waals surface area contributed by atoms with Gasteiger partial charge in [-0.1, -0.05) is 13.3 Å². The van der Waals surface area contributed by atoms with Gasteiger partial charge in [0.05, 0.1) is 19.0 Å². The van der Waals surface area contributed by atoms with E-state index in [9.17, 15) is 0 Å². The van der Waals surface area contributed by atoms with Crippen molar-refractivity contribution in [1.82, 2.24) is 9.55 Å². The van der Waals surface area contributed by atoms with E-state index in [0.29, 0.717) is 11.5 Å². The largest absolute Gasteiger partial charge is 0.376 e. The molecule has 0 saturated heterocycles. The van der Waals surface area contributed by atoms with Crippen LogP contribution in [0.4, 0.5) is 0 Å². The van der Waals surface area contributed by atoms with Crippen LogP contribution in [0.5, 0.6) is 0 Å². The van der Waals surface area contributed by atoms with Crippen molar-refractivity contribution >= 4 is 0 Å². The number of aromatic nitrogens is 2. The van der Waals surface area contributed by atoms with Crippen LogP contribution in [0, 0.1) is 23.2 Å². The molecule has 4 saturated carbocycles. The van der Waals surface area contributed by atoms with E-state index in [0.717, 1.165) is 30.9 Å². The fourth-order valence-corrected chi connectivity index (χ4v) is 5.95. The Bertz CT molecular complexity index is 446. The number of imidazole rings is 1. The zero-order valence-electron chi connectivity index (χ0n) is 13.9. The summed E-state index contributed by atoms with van der Waals surface area (Å²) in [7, 11) is 0. The van der Waals surface area contributed by atoms with Gasteiger partial charge in [-0.05, 0) is 68.1 Å². The molecule has 1 unspecified atom stereocenters. The second-order valence-electron chi connectivity index (χ2n) is 8.25. The Morgan fingerprint density at radius 2 is 1.86 bits per heavy atom. The molecule has 1 heterocycles. The Balaban J connectivity index is 1.53. The van der Waals surface area contributed by atoms with Crippen molar-refractivity contribution in [3.63, 3.8) is 0 Å². The molecule has 122 valence electrons. The SMILES string of the molecule is CCCCOC(Cn1ccnc1)C12CC3CC(CC(C3)C1)C2. The maximum atomic E-state index is 6.49. The van der Waals surface area contributed by atoms with Crippen molar-refractivity contribution in [3.05, 3.63) is 18.7 Å². The molecule has 0 spiro atoms.